The molecule has 112 valence electrons. The molecule has 1 unspecified atom stereocenters. The van der Waals surface area contributed by atoms with E-state index in [1.165, 1.54) is 12.3 Å². The molecule has 0 bridgehead atoms. The predicted octanol–water partition coefficient (Wildman–Crippen LogP) is 3.15. The molecule has 0 aliphatic rings. The topological polar surface area (TPSA) is 74.4 Å². The normalized spacial score (nSPS) is 12.8. The van der Waals surface area contributed by atoms with Crippen molar-refractivity contribution < 1.29 is 18.7 Å². The van der Waals surface area contributed by atoms with Gasteiger partial charge >= 0.3 is 6.09 Å². The quantitative estimate of drug-likeness (QED) is 0.848. The van der Waals surface area contributed by atoms with Crippen LogP contribution in [0.15, 0.2) is 12.3 Å². The predicted molar refractivity (Wildman–Crippen MR) is 73.2 cm³/mol. The Labute approximate surface area is 122 Å². The number of hydrogen-bond acceptors (Lipinski definition) is 4. The van der Waals surface area contributed by atoms with Crippen molar-refractivity contribution in [2.45, 2.75) is 33.3 Å². The number of carbonyl (C=O) groups excluding carboxylic acids is 1. The van der Waals surface area contributed by atoms with Gasteiger partial charge in [0, 0.05) is 12.3 Å². The first-order chi connectivity index (χ1) is 9.19. The van der Waals surface area contributed by atoms with Gasteiger partial charge < -0.3 is 15.2 Å². The minimum absolute atomic E-state index is 0.0164. The van der Waals surface area contributed by atoms with E-state index in [1.807, 2.05) is 20.8 Å². The zero-order chi connectivity index (χ0) is 15.3. The molecule has 0 fully saturated rings. The first kappa shape index (κ1) is 16.5. The van der Waals surface area contributed by atoms with Crippen LogP contribution < -0.4 is 10.5 Å². The van der Waals surface area contributed by atoms with Crippen LogP contribution in [0.2, 0.25) is 5.15 Å². The van der Waals surface area contributed by atoms with Crippen molar-refractivity contribution in [3.05, 3.63) is 23.2 Å². The Morgan fingerprint density at radius 2 is 2.20 bits per heavy atom. The van der Waals surface area contributed by atoms with E-state index in [1.54, 1.807) is 0 Å². The molecule has 0 radical (unpaired) electrons. The Hall–Kier alpha value is -1.56. The molecule has 1 aromatic rings. The van der Waals surface area contributed by atoms with Gasteiger partial charge in [0.25, 0.3) is 0 Å². The number of nitrogens with two attached hydrogens (primary N) is 1. The number of aromatic nitrogens is 1. The summed E-state index contributed by atoms with van der Waals surface area (Å²) in [6.07, 6.45) is 0.389. The van der Waals surface area contributed by atoms with Gasteiger partial charge in [0.1, 0.15) is 12.7 Å². The maximum absolute atomic E-state index is 13.6. The molecular weight excluding hydrogens is 287 g/mol. The molecule has 1 heterocycles. The Balaban J connectivity index is 2.70. The van der Waals surface area contributed by atoms with Crippen LogP contribution in [0, 0.1) is 11.2 Å². The second kappa shape index (κ2) is 6.74. The van der Waals surface area contributed by atoms with Crippen LogP contribution >= 0.6 is 11.6 Å². The third kappa shape index (κ3) is 5.61. The van der Waals surface area contributed by atoms with E-state index in [0.717, 1.165) is 0 Å². The van der Waals surface area contributed by atoms with Crippen LogP contribution in [0.5, 0.6) is 5.75 Å². The number of amides is 1. The number of ether oxygens (including phenoxy) is 2. The number of rotatable bonds is 5. The largest absolute Gasteiger partial charge is 0.486 e. The van der Waals surface area contributed by atoms with Gasteiger partial charge in [-0.2, -0.15) is 4.39 Å². The standard InChI is InChI=1S/C13H18ClFN2O3/c1-13(2,3)6-8(20-12(16)18)7-19-9-4-5-17-11(14)10(9)15/h4-5,8H,6-7H2,1-3H3,(H2,16,18). The van der Waals surface area contributed by atoms with Crippen molar-refractivity contribution >= 4 is 17.7 Å². The van der Waals surface area contributed by atoms with Crippen LogP contribution in [-0.2, 0) is 4.74 Å². The van der Waals surface area contributed by atoms with E-state index < -0.39 is 18.0 Å². The number of carbonyl (C=O) groups is 1. The molecule has 0 aliphatic heterocycles. The second-order valence-corrected chi connectivity index (χ2v) is 5.91. The molecule has 0 aliphatic carbocycles. The van der Waals surface area contributed by atoms with Gasteiger partial charge in [0.05, 0.1) is 0 Å². The van der Waals surface area contributed by atoms with Crippen LogP contribution in [0.4, 0.5) is 9.18 Å². The monoisotopic (exact) mass is 304 g/mol. The van der Waals surface area contributed by atoms with Crippen molar-refractivity contribution in [1.29, 1.82) is 0 Å². The van der Waals surface area contributed by atoms with E-state index in [-0.39, 0.29) is 22.9 Å². The molecule has 0 saturated heterocycles. The summed E-state index contributed by atoms with van der Waals surface area (Å²) in [5.41, 5.74) is 4.91. The molecule has 0 aromatic carbocycles. The van der Waals surface area contributed by atoms with Crippen molar-refractivity contribution in [2.24, 2.45) is 11.1 Å². The minimum atomic E-state index is -0.893. The Kier molecular flexibility index (Phi) is 5.56. The SMILES string of the molecule is CC(C)(C)CC(COc1ccnc(Cl)c1F)OC(N)=O. The minimum Gasteiger partial charge on any atom is -0.486 e. The van der Waals surface area contributed by atoms with E-state index in [4.69, 9.17) is 26.8 Å². The average Bonchev–Trinajstić information content (AvgIpc) is 2.28. The van der Waals surface area contributed by atoms with E-state index in [2.05, 4.69) is 4.98 Å². The maximum Gasteiger partial charge on any atom is 0.404 e. The van der Waals surface area contributed by atoms with Crippen LogP contribution in [-0.4, -0.2) is 23.8 Å². The number of halogens is 2. The fourth-order valence-electron chi connectivity index (χ4n) is 1.68. The molecule has 20 heavy (non-hydrogen) atoms. The number of primary amides is 1. The molecule has 0 spiro atoms. The summed E-state index contributed by atoms with van der Waals surface area (Å²) in [7, 11) is 0. The molecule has 2 N–H and O–H groups in total. The summed E-state index contributed by atoms with van der Waals surface area (Å²) in [5.74, 6) is -0.792. The summed E-state index contributed by atoms with van der Waals surface area (Å²) in [5, 5.41) is -0.273. The molecular formula is C13H18ClFN2O3. The van der Waals surface area contributed by atoms with Crippen LogP contribution in [0.25, 0.3) is 0 Å². The third-order valence-electron chi connectivity index (χ3n) is 2.36. The fourth-order valence-corrected chi connectivity index (χ4v) is 1.83. The van der Waals surface area contributed by atoms with E-state index >= 15 is 0 Å². The first-order valence-corrected chi connectivity index (χ1v) is 6.46. The zero-order valence-electron chi connectivity index (χ0n) is 11.7. The number of pyridine rings is 1. The van der Waals surface area contributed by atoms with Crippen molar-refractivity contribution in [3.8, 4) is 5.75 Å². The Morgan fingerprint density at radius 3 is 2.75 bits per heavy atom. The Bertz CT molecular complexity index is 477. The van der Waals surface area contributed by atoms with Crippen molar-refractivity contribution in [2.75, 3.05) is 6.61 Å². The van der Waals surface area contributed by atoms with Gasteiger partial charge in [-0.15, -0.1) is 0 Å². The van der Waals surface area contributed by atoms with Crippen molar-refractivity contribution in [3.63, 3.8) is 0 Å². The van der Waals surface area contributed by atoms with Crippen LogP contribution in [0.1, 0.15) is 27.2 Å². The lowest BCUT2D eigenvalue weighted by Crippen LogP contribution is -2.31. The first-order valence-electron chi connectivity index (χ1n) is 6.08. The maximum atomic E-state index is 13.6. The van der Waals surface area contributed by atoms with Gasteiger partial charge in [-0.1, -0.05) is 32.4 Å². The smallest absolute Gasteiger partial charge is 0.404 e. The van der Waals surface area contributed by atoms with Crippen molar-refractivity contribution in [1.82, 2.24) is 4.98 Å². The number of nitrogens with zero attached hydrogens (tertiary/aromatic N) is 1. The lowest BCUT2D eigenvalue weighted by Gasteiger charge is -2.25. The Morgan fingerprint density at radius 1 is 1.55 bits per heavy atom. The highest BCUT2D eigenvalue weighted by Gasteiger charge is 2.23. The van der Waals surface area contributed by atoms with Gasteiger partial charge in [0.2, 0.25) is 5.82 Å². The molecule has 0 saturated carbocycles. The fraction of sp³-hybridized carbons (Fsp3) is 0.538. The summed E-state index contributed by atoms with van der Waals surface area (Å²) >= 11 is 5.55. The number of hydrogen-bond donors (Lipinski definition) is 1. The molecule has 1 rings (SSSR count). The van der Waals surface area contributed by atoms with Gasteiger partial charge in [-0.3, -0.25) is 0 Å². The van der Waals surface area contributed by atoms with Crippen LogP contribution in [0.3, 0.4) is 0 Å². The highest BCUT2D eigenvalue weighted by atomic mass is 35.5. The summed E-state index contributed by atoms with van der Waals surface area (Å²) < 4.78 is 23.9. The van der Waals surface area contributed by atoms with Gasteiger partial charge in [-0.25, -0.2) is 9.78 Å². The lowest BCUT2D eigenvalue weighted by molar-refractivity contribution is 0.0453. The lowest BCUT2D eigenvalue weighted by atomic mass is 9.89. The van der Waals surface area contributed by atoms with Gasteiger partial charge in [-0.05, 0) is 11.8 Å². The molecule has 1 atom stereocenters. The second-order valence-electron chi connectivity index (χ2n) is 5.55. The summed E-state index contributed by atoms with van der Waals surface area (Å²) in [6.45, 7) is 5.92. The zero-order valence-corrected chi connectivity index (χ0v) is 12.4. The molecule has 1 amide bonds. The third-order valence-corrected chi connectivity index (χ3v) is 2.62. The summed E-state index contributed by atoms with van der Waals surface area (Å²) in [4.78, 5) is 14.4. The highest BCUT2D eigenvalue weighted by Crippen LogP contribution is 2.25. The molecule has 5 nitrogen and oxygen atoms in total. The molecule has 7 heteroatoms. The molecule has 1 aromatic heterocycles. The van der Waals surface area contributed by atoms with Gasteiger partial charge in [0.15, 0.2) is 10.9 Å². The highest BCUT2D eigenvalue weighted by molar-refractivity contribution is 6.29. The summed E-state index contributed by atoms with van der Waals surface area (Å²) in [6, 6.07) is 1.35. The van der Waals surface area contributed by atoms with E-state index in [0.29, 0.717) is 6.42 Å². The van der Waals surface area contributed by atoms with E-state index in [9.17, 15) is 9.18 Å². The average molecular weight is 305 g/mol.